The first-order valence-corrected chi connectivity index (χ1v) is 8.23. The van der Waals surface area contributed by atoms with Crippen molar-refractivity contribution in [3.05, 3.63) is 78.0 Å². The predicted molar refractivity (Wildman–Crippen MR) is 99.2 cm³/mol. The molecule has 4 rings (SSSR count). The minimum Gasteiger partial charge on any atom is -0.507 e. The van der Waals surface area contributed by atoms with Gasteiger partial charge in [0, 0.05) is 29.2 Å². The number of fused-ring (bicyclic) bond motifs is 2. The van der Waals surface area contributed by atoms with Crippen LogP contribution >= 0.6 is 0 Å². The van der Waals surface area contributed by atoms with Crippen LogP contribution < -0.4 is 5.32 Å². The summed E-state index contributed by atoms with van der Waals surface area (Å²) >= 11 is 0. The fraction of sp³-hybridized carbons (Fsp3) is 0.143. The fourth-order valence-corrected chi connectivity index (χ4v) is 3.29. The Morgan fingerprint density at radius 1 is 0.958 bits per heavy atom. The first-order valence-electron chi connectivity index (χ1n) is 8.23. The Balaban J connectivity index is 1.57. The molecule has 0 bridgehead atoms. The standard InChI is InChI=1S/C21H20N2O/c1-14(17-9-4-7-15-6-2-3-8-18(15)17)22-13-16-12-19-20(23-16)10-5-11-21(19)24/h2-12,14,22-24H,13H2,1H3/t14-/m1/s1. The maximum atomic E-state index is 9.92. The summed E-state index contributed by atoms with van der Waals surface area (Å²) in [6, 6.07) is 22.7. The molecule has 0 fully saturated rings. The molecule has 3 aromatic carbocycles. The van der Waals surface area contributed by atoms with Gasteiger partial charge in [-0.1, -0.05) is 48.5 Å². The summed E-state index contributed by atoms with van der Waals surface area (Å²) in [7, 11) is 0. The Kier molecular flexibility index (Phi) is 3.71. The highest BCUT2D eigenvalue weighted by Gasteiger charge is 2.10. The zero-order valence-electron chi connectivity index (χ0n) is 13.6. The van der Waals surface area contributed by atoms with Gasteiger partial charge in [-0.3, -0.25) is 0 Å². The van der Waals surface area contributed by atoms with Crippen LogP contribution in [0.15, 0.2) is 66.7 Å². The maximum absolute atomic E-state index is 9.92. The van der Waals surface area contributed by atoms with E-state index in [9.17, 15) is 5.11 Å². The van der Waals surface area contributed by atoms with Crippen molar-refractivity contribution in [2.24, 2.45) is 0 Å². The molecular weight excluding hydrogens is 296 g/mol. The van der Waals surface area contributed by atoms with Gasteiger partial charge in [0.1, 0.15) is 5.75 Å². The van der Waals surface area contributed by atoms with Gasteiger partial charge in [-0.15, -0.1) is 0 Å². The number of benzene rings is 3. The predicted octanol–water partition coefficient (Wildman–Crippen LogP) is 4.88. The number of aromatic hydroxyl groups is 1. The lowest BCUT2D eigenvalue weighted by molar-refractivity contribution is 0.481. The van der Waals surface area contributed by atoms with Gasteiger partial charge in [0.15, 0.2) is 0 Å². The molecule has 0 spiro atoms. The summed E-state index contributed by atoms with van der Waals surface area (Å²) < 4.78 is 0. The summed E-state index contributed by atoms with van der Waals surface area (Å²) in [4.78, 5) is 3.36. The average molecular weight is 316 g/mol. The highest BCUT2D eigenvalue weighted by Crippen LogP contribution is 2.26. The number of hydrogen-bond donors (Lipinski definition) is 3. The molecule has 120 valence electrons. The monoisotopic (exact) mass is 316 g/mol. The highest BCUT2D eigenvalue weighted by atomic mass is 16.3. The Hall–Kier alpha value is -2.78. The van der Waals surface area contributed by atoms with Crippen LogP contribution in [0, 0.1) is 0 Å². The molecule has 0 saturated heterocycles. The van der Waals surface area contributed by atoms with E-state index in [4.69, 9.17) is 0 Å². The van der Waals surface area contributed by atoms with E-state index >= 15 is 0 Å². The Bertz CT molecular complexity index is 998. The lowest BCUT2D eigenvalue weighted by Crippen LogP contribution is -2.18. The topological polar surface area (TPSA) is 48.0 Å². The van der Waals surface area contributed by atoms with E-state index in [2.05, 4.69) is 59.7 Å². The summed E-state index contributed by atoms with van der Waals surface area (Å²) in [5.74, 6) is 0.317. The molecule has 4 aromatic rings. The molecule has 0 aliphatic rings. The molecule has 1 atom stereocenters. The van der Waals surface area contributed by atoms with Crippen molar-refractivity contribution in [3.63, 3.8) is 0 Å². The fourth-order valence-electron chi connectivity index (χ4n) is 3.29. The third-order valence-electron chi connectivity index (χ3n) is 4.59. The summed E-state index contributed by atoms with van der Waals surface area (Å²) in [6.07, 6.45) is 0. The van der Waals surface area contributed by atoms with Crippen LogP contribution in [0.5, 0.6) is 5.75 Å². The molecule has 3 heteroatoms. The second-order valence-corrected chi connectivity index (χ2v) is 6.20. The molecule has 0 aliphatic heterocycles. The highest BCUT2D eigenvalue weighted by molar-refractivity contribution is 5.87. The summed E-state index contributed by atoms with van der Waals surface area (Å²) in [5.41, 5.74) is 3.33. The lowest BCUT2D eigenvalue weighted by Gasteiger charge is -2.16. The van der Waals surface area contributed by atoms with E-state index in [1.54, 1.807) is 6.07 Å². The van der Waals surface area contributed by atoms with Crippen molar-refractivity contribution in [3.8, 4) is 5.75 Å². The molecule has 0 saturated carbocycles. The zero-order valence-corrected chi connectivity index (χ0v) is 13.6. The molecule has 0 amide bonds. The summed E-state index contributed by atoms with van der Waals surface area (Å²) in [6.45, 7) is 2.90. The molecule has 0 radical (unpaired) electrons. The van der Waals surface area contributed by atoms with Crippen LogP contribution in [-0.2, 0) is 6.54 Å². The van der Waals surface area contributed by atoms with E-state index in [0.717, 1.165) is 23.1 Å². The lowest BCUT2D eigenvalue weighted by atomic mass is 10.00. The van der Waals surface area contributed by atoms with Gasteiger partial charge in [-0.2, -0.15) is 0 Å². The van der Waals surface area contributed by atoms with E-state index in [0.29, 0.717) is 5.75 Å². The quantitative estimate of drug-likeness (QED) is 0.502. The summed E-state index contributed by atoms with van der Waals surface area (Å²) in [5, 5.41) is 16.9. The van der Waals surface area contributed by atoms with Crippen LogP contribution in [0.4, 0.5) is 0 Å². The van der Waals surface area contributed by atoms with Crippen LogP contribution in [-0.4, -0.2) is 10.1 Å². The molecule has 1 heterocycles. The van der Waals surface area contributed by atoms with E-state index in [1.807, 2.05) is 18.2 Å². The second-order valence-electron chi connectivity index (χ2n) is 6.20. The van der Waals surface area contributed by atoms with Crippen molar-refractivity contribution in [1.29, 1.82) is 0 Å². The zero-order chi connectivity index (χ0) is 16.5. The van der Waals surface area contributed by atoms with E-state index in [1.165, 1.54) is 16.3 Å². The van der Waals surface area contributed by atoms with Crippen molar-refractivity contribution in [2.45, 2.75) is 19.5 Å². The molecule has 3 nitrogen and oxygen atoms in total. The number of phenols is 1. The van der Waals surface area contributed by atoms with Crippen LogP contribution in [0.2, 0.25) is 0 Å². The van der Waals surface area contributed by atoms with Gasteiger partial charge < -0.3 is 15.4 Å². The first-order chi connectivity index (χ1) is 11.7. The van der Waals surface area contributed by atoms with Crippen molar-refractivity contribution in [1.82, 2.24) is 10.3 Å². The minimum absolute atomic E-state index is 0.233. The van der Waals surface area contributed by atoms with Gasteiger partial charge in [0.25, 0.3) is 0 Å². The third-order valence-corrected chi connectivity index (χ3v) is 4.59. The molecule has 1 aromatic heterocycles. The molecule has 3 N–H and O–H groups in total. The van der Waals surface area contributed by atoms with Crippen LogP contribution in [0.25, 0.3) is 21.7 Å². The number of H-pyrrole nitrogens is 1. The molecule has 0 aliphatic carbocycles. The molecule has 24 heavy (non-hydrogen) atoms. The Morgan fingerprint density at radius 3 is 2.62 bits per heavy atom. The van der Waals surface area contributed by atoms with Gasteiger partial charge in [0.2, 0.25) is 0 Å². The normalized spacial score (nSPS) is 12.7. The number of hydrogen-bond acceptors (Lipinski definition) is 2. The second kappa shape index (κ2) is 6.02. The van der Waals surface area contributed by atoms with Crippen molar-refractivity contribution in [2.75, 3.05) is 0 Å². The Labute approximate surface area is 140 Å². The van der Waals surface area contributed by atoms with Gasteiger partial charge in [-0.05, 0) is 41.5 Å². The number of nitrogens with one attached hydrogen (secondary N) is 2. The minimum atomic E-state index is 0.233. The van der Waals surface area contributed by atoms with Gasteiger partial charge in [0.05, 0.1) is 0 Å². The number of rotatable bonds is 4. The van der Waals surface area contributed by atoms with Crippen LogP contribution in [0.3, 0.4) is 0 Å². The Morgan fingerprint density at radius 2 is 1.75 bits per heavy atom. The third kappa shape index (κ3) is 2.63. The van der Waals surface area contributed by atoms with E-state index in [-0.39, 0.29) is 6.04 Å². The van der Waals surface area contributed by atoms with Crippen molar-refractivity contribution < 1.29 is 5.11 Å². The molecular formula is C21H20N2O. The largest absolute Gasteiger partial charge is 0.507 e. The number of aromatic nitrogens is 1. The van der Waals surface area contributed by atoms with Crippen LogP contribution in [0.1, 0.15) is 24.2 Å². The molecule has 0 unspecified atom stereocenters. The number of phenolic OH excluding ortho intramolecular Hbond substituents is 1. The number of aromatic amines is 1. The smallest absolute Gasteiger partial charge is 0.124 e. The maximum Gasteiger partial charge on any atom is 0.124 e. The van der Waals surface area contributed by atoms with E-state index < -0.39 is 0 Å². The first kappa shape index (κ1) is 14.8. The van der Waals surface area contributed by atoms with Gasteiger partial charge >= 0.3 is 0 Å². The van der Waals surface area contributed by atoms with Gasteiger partial charge in [-0.25, -0.2) is 0 Å². The average Bonchev–Trinajstić information content (AvgIpc) is 3.04. The van der Waals surface area contributed by atoms with Crippen molar-refractivity contribution >= 4 is 21.7 Å². The SMILES string of the molecule is C[C@@H](NCc1cc2c(O)cccc2[nH]1)c1cccc2ccccc12.